The van der Waals surface area contributed by atoms with Crippen molar-refractivity contribution in [2.45, 2.75) is 32.3 Å². The first kappa shape index (κ1) is 18.9. The number of para-hydroxylation sites is 2. The van der Waals surface area contributed by atoms with Crippen LogP contribution >= 0.6 is 12.4 Å². The average Bonchev–Trinajstić information content (AvgIpc) is 3.38. The average molecular weight is 355 g/mol. The molecule has 6 heteroatoms. The molecule has 0 spiro atoms. The molecule has 3 rings (SSSR count). The third kappa shape index (κ3) is 5.28. The Kier molecular flexibility index (Phi) is 7.18. The van der Waals surface area contributed by atoms with Gasteiger partial charge in [0, 0.05) is 6.54 Å². The molecule has 1 amide bonds. The Morgan fingerprint density at radius 2 is 2.04 bits per heavy atom. The van der Waals surface area contributed by atoms with Crippen molar-refractivity contribution in [3.05, 3.63) is 24.3 Å². The molecular weight excluding hydrogens is 328 g/mol. The Hall–Kier alpha value is -1.46. The summed E-state index contributed by atoms with van der Waals surface area (Å²) in [4.78, 5) is 14.3. The van der Waals surface area contributed by atoms with E-state index in [1.54, 1.807) is 0 Å². The van der Waals surface area contributed by atoms with Gasteiger partial charge < -0.3 is 19.7 Å². The Bertz CT molecular complexity index is 537. The Morgan fingerprint density at radius 1 is 1.29 bits per heavy atom. The van der Waals surface area contributed by atoms with Gasteiger partial charge in [0.2, 0.25) is 5.91 Å². The maximum Gasteiger partial charge on any atom is 0.236 e. The number of halogens is 1. The van der Waals surface area contributed by atoms with Gasteiger partial charge in [0.25, 0.3) is 0 Å². The highest BCUT2D eigenvalue weighted by Crippen LogP contribution is 2.31. The zero-order valence-corrected chi connectivity index (χ0v) is 15.0. The molecule has 1 unspecified atom stereocenters. The molecule has 1 aliphatic heterocycles. The van der Waals surface area contributed by atoms with Crippen LogP contribution in [0.15, 0.2) is 24.3 Å². The molecule has 0 radical (unpaired) electrons. The molecule has 1 aliphatic carbocycles. The summed E-state index contributed by atoms with van der Waals surface area (Å²) >= 11 is 0. The van der Waals surface area contributed by atoms with Crippen LogP contribution in [-0.4, -0.2) is 49.7 Å². The second-order valence-corrected chi connectivity index (χ2v) is 6.41. The monoisotopic (exact) mass is 354 g/mol. The summed E-state index contributed by atoms with van der Waals surface area (Å²) in [5.41, 5.74) is 0. The van der Waals surface area contributed by atoms with Crippen LogP contribution in [-0.2, 0) is 4.79 Å². The van der Waals surface area contributed by atoms with Crippen LogP contribution in [0.25, 0.3) is 0 Å². The van der Waals surface area contributed by atoms with Gasteiger partial charge in [-0.1, -0.05) is 19.1 Å². The lowest BCUT2D eigenvalue weighted by atomic mass is 10.2. The van der Waals surface area contributed by atoms with E-state index in [-0.39, 0.29) is 24.4 Å². The molecule has 5 nitrogen and oxygen atoms in total. The smallest absolute Gasteiger partial charge is 0.236 e. The third-order valence-corrected chi connectivity index (χ3v) is 4.24. The molecule has 1 saturated carbocycles. The van der Waals surface area contributed by atoms with Crippen LogP contribution in [0, 0.1) is 5.92 Å². The van der Waals surface area contributed by atoms with E-state index in [2.05, 4.69) is 12.2 Å². The number of rotatable bonds is 8. The van der Waals surface area contributed by atoms with Crippen molar-refractivity contribution in [3.63, 3.8) is 0 Å². The number of hydrogen-bond acceptors (Lipinski definition) is 4. The van der Waals surface area contributed by atoms with Gasteiger partial charge in [-0.2, -0.15) is 0 Å². The van der Waals surface area contributed by atoms with Gasteiger partial charge in [0.15, 0.2) is 17.6 Å². The number of carbonyl (C=O) groups is 1. The fraction of sp³-hybridized carbons (Fsp3) is 0.611. The summed E-state index contributed by atoms with van der Waals surface area (Å²) in [7, 11) is 0. The van der Waals surface area contributed by atoms with Crippen LogP contribution in [0.5, 0.6) is 11.5 Å². The van der Waals surface area contributed by atoms with Gasteiger partial charge in [-0.3, -0.25) is 4.79 Å². The second kappa shape index (κ2) is 9.14. The van der Waals surface area contributed by atoms with Gasteiger partial charge in [0.1, 0.15) is 6.61 Å². The van der Waals surface area contributed by atoms with E-state index in [0.717, 1.165) is 36.9 Å². The van der Waals surface area contributed by atoms with Gasteiger partial charge >= 0.3 is 0 Å². The highest BCUT2D eigenvalue weighted by molar-refractivity contribution is 5.85. The Balaban J connectivity index is 0.00000208. The molecule has 1 aromatic carbocycles. The zero-order chi connectivity index (χ0) is 16.1. The molecule has 1 atom stereocenters. The van der Waals surface area contributed by atoms with E-state index < -0.39 is 0 Å². The number of ether oxygens (including phenoxy) is 2. The number of benzene rings is 1. The fourth-order valence-electron chi connectivity index (χ4n) is 2.80. The van der Waals surface area contributed by atoms with E-state index in [4.69, 9.17) is 9.47 Å². The summed E-state index contributed by atoms with van der Waals surface area (Å²) in [6, 6.07) is 7.68. The number of hydrogen-bond donors (Lipinski definition) is 1. The third-order valence-electron chi connectivity index (χ3n) is 4.24. The van der Waals surface area contributed by atoms with Crippen molar-refractivity contribution >= 4 is 18.3 Å². The molecule has 1 aromatic rings. The SMILES string of the molecule is CCCN(CC1COc2ccccc2O1)C(=O)CNCC1CC1.Cl. The molecule has 2 aliphatic rings. The van der Waals surface area contributed by atoms with E-state index >= 15 is 0 Å². The van der Waals surface area contributed by atoms with E-state index in [0.29, 0.717) is 19.7 Å². The maximum atomic E-state index is 12.4. The first-order chi connectivity index (χ1) is 11.3. The molecule has 0 saturated heterocycles. The molecule has 1 N–H and O–H groups in total. The first-order valence-corrected chi connectivity index (χ1v) is 8.63. The summed E-state index contributed by atoms with van der Waals surface area (Å²) in [5, 5.41) is 3.28. The van der Waals surface area contributed by atoms with Gasteiger partial charge in [-0.15, -0.1) is 12.4 Å². The van der Waals surface area contributed by atoms with Crippen LogP contribution < -0.4 is 14.8 Å². The van der Waals surface area contributed by atoms with Crippen molar-refractivity contribution in [1.29, 1.82) is 0 Å². The molecule has 24 heavy (non-hydrogen) atoms. The Labute approximate surface area is 150 Å². The van der Waals surface area contributed by atoms with Gasteiger partial charge in [0.05, 0.1) is 13.1 Å². The lowest BCUT2D eigenvalue weighted by Gasteiger charge is -2.31. The van der Waals surface area contributed by atoms with Crippen LogP contribution in [0.1, 0.15) is 26.2 Å². The highest BCUT2D eigenvalue weighted by atomic mass is 35.5. The lowest BCUT2D eigenvalue weighted by Crippen LogP contribution is -2.46. The summed E-state index contributed by atoms with van der Waals surface area (Å²) in [6.45, 7) is 5.28. The normalized spacial score (nSPS) is 18.6. The molecule has 134 valence electrons. The lowest BCUT2D eigenvalue weighted by molar-refractivity contribution is -0.131. The maximum absolute atomic E-state index is 12.4. The van der Waals surface area contributed by atoms with Crippen molar-refractivity contribution in [2.75, 3.05) is 32.8 Å². The predicted molar refractivity (Wildman–Crippen MR) is 96.1 cm³/mol. The minimum atomic E-state index is -0.108. The van der Waals surface area contributed by atoms with Crippen LogP contribution in [0.2, 0.25) is 0 Å². The second-order valence-electron chi connectivity index (χ2n) is 6.41. The molecular formula is C18H27ClN2O3. The summed E-state index contributed by atoms with van der Waals surface area (Å²) in [6.07, 6.45) is 3.43. The zero-order valence-electron chi connectivity index (χ0n) is 14.2. The van der Waals surface area contributed by atoms with E-state index in [1.165, 1.54) is 12.8 Å². The number of nitrogens with zero attached hydrogens (tertiary/aromatic N) is 1. The van der Waals surface area contributed by atoms with E-state index in [9.17, 15) is 4.79 Å². The van der Waals surface area contributed by atoms with Crippen molar-refractivity contribution in [2.24, 2.45) is 5.92 Å². The number of nitrogens with one attached hydrogen (secondary N) is 1. The molecule has 0 bridgehead atoms. The molecule has 1 heterocycles. The number of carbonyl (C=O) groups excluding carboxylic acids is 1. The highest BCUT2D eigenvalue weighted by Gasteiger charge is 2.25. The minimum absolute atomic E-state index is 0. The summed E-state index contributed by atoms with van der Waals surface area (Å²) in [5.74, 6) is 2.48. The van der Waals surface area contributed by atoms with Crippen LogP contribution in [0.3, 0.4) is 0 Å². The van der Waals surface area contributed by atoms with Gasteiger partial charge in [-0.25, -0.2) is 0 Å². The Morgan fingerprint density at radius 3 is 2.75 bits per heavy atom. The van der Waals surface area contributed by atoms with Crippen molar-refractivity contribution in [3.8, 4) is 11.5 Å². The number of amides is 1. The van der Waals surface area contributed by atoms with E-state index in [1.807, 2.05) is 29.2 Å². The topological polar surface area (TPSA) is 50.8 Å². The first-order valence-electron chi connectivity index (χ1n) is 8.63. The molecule has 1 fully saturated rings. The standard InChI is InChI=1S/C18H26N2O3.ClH/c1-2-9-20(18(21)11-19-10-14-7-8-14)12-15-13-22-16-5-3-4-6-17(16)23-15;/h3-6,14-15,19H,2,7-13H2,1H3;1H. The number of fused-ring (bicyclic) bond motifs is 1. The summed E-state index contributed by atoms with van der Waals surface area (Å²) < 4.78 is 11.7. The largest absolute Gasteiger partial charge is 0.486 e. The fourth-order valence-corrected chi connectivity index (χ4v) is 2.80. The van der Waals surface area contributed by atoms with Crippen molar-refractivity contribution in [1.82, 2.24) is 10.2 Å². The van der Waals surface area contributed by atoms with Gasteiger partial charge in [-0.05, 0) is 43.9 Å². The minimum Gasteiger partial charge on any atom is -0.486 e. The quantitative estimate of drug-likeness (QED) is 0.779. The molecule has 0 aromatic heterocycles. The van der Waals surface area contributed by atoms with Crippen LogP contribution in [0.4, 0.5) is 0 Å². The van der Waals surface area contributed by atoms with Crippen molar-refractivity contribution < 1.29 is 14.3 Å². The predicted octanol–water partition coefficient (Wildman–Crippen LogP) is 2.49.